The number of furan rings is 4. The summed E-state index contributed by atoms with van der Waals surface area (Å²) in [6.07, 6.45) is 20.1. The fourth-order valence-electron chi connectivity index (χ4n) is 18.2. The van der Waals surface area contributed by atoms with Crippen molar-refractivity contribution in [2.75, 3.05) is 47.4 Å². The number of aromatic nitrogens is 8. The van der Waals surface area contributed by atoms with Crippen molar-refractivity contribution in [2.24, 2.45) is 19.5 Å². The first-order valence-corrected chi connectivity index (χ1v) is 37.7. The number of para-hydroxylation sites is 5. The van der Waals surface area contributed by atoms with Crippen molar-refractivity contribution < 1.29 is 31.4 Å². The Morgan fingerprint density at radius 2 is 1.03 bits per heavy atom. The first kappa shape index (κ1) is 71.9. The van der Waals surface area contributed by atoms with Gasteiger partial charge in [0.2, 0.25) is 11.4 Å². The Hall–Kier alpha value is -10.7. The maximum Gasteiger partial charge on any atom is 0.677 e. The minimum atomic E-state index is 0.0146. The molecule has 107 heavy (non-hydrogen) atoms. The summed E-state index contributed by atoms with van der Waals surface area (Å²) in [6, 6.07) is 48.6. The molecule has 0 amide bonds. The van der Waals surface area contributed by atoms with E-state index in [2.05, 4.69) is 343 Å². The van der Waals surface area contributed by atoms with Gasteiger partial charge in [0.1, 0.15) is 34.0 Å². The Bertz CT molecular complexity index is 5670. The highest BCUT2D eigenvalue weighted by molar-refractivity contribution is 6.83. The number of nitrogens with zero attached hydrogens (tertiary/aromatic N) is 13. The molecule has 5 aromatic carbocycles. The van der Waals surface area contributed by atoms with Crippen LogP contribution in [-0.4, -0.2) is 96.3 Å². The van der Waals surface area contributed by atoms with Crippen molar-refractivity contribution in [1.82, 2.24) is 28.7 Å². The van der Waals surface area contributed by atoms with Crippen LogP contribution in [0.3, 0.4) is 0 Å². The van der Waals surface area contributed by atoms with Crippen molar-refractivity contribution in [3.05, 3.63) is 238 Å². The number of rotatable bonds is 8. The molecule has 1 atom stereocenters. The second-order valence-corrected chi connectivity index (χ2v) is 32.1. The molecule has 0 saturated carbocycles. The van der Waals surface area contributed by atoms with E-state index in [0.717, 1.165) is 84.8 Å². The lowest BCUT2D eigenvalue weighted by atomic mass is 9.49. The molecule has 21 heteroatoms. The van der Waals surface area contributed by atoms with Gasteiger partial charge in [0.15, 0.2) is 12.1 Å². The fourth-order valence-corrected chi connectivity index (χ4v) is 18.2. The Labute approximate surface area is 631 Å². The Morgan fingerprint density at radius 1 is 0.514 bits per heavy atom. The van der Waals surface area contributed by atoms with Crippen LogP contribution in [0.15, 0.2) is 210 Å². The molecule has 5 aliphatic heterocycles. The molecule has 18 rings (SSSR count). The van der Waals surface area contributed by atoms with Gasteiger partial charge in [-0.15, -0.1) is 9.27 Å². The van der Waals surface area contributed by atoms with E-state index < -0.39 is 0 Å². The van der Waals surface area contributed by atoms with Gasteiger partial charge in [0, 0.05) is 101 Å². The average Bonchev–Trinajstić information content (AvgIpc) is 1.60. The maximum absolute atomic E-state index is 6.23. The van der Waals surface area contributed by atoms with E-state index in [1.807, 2.05) is 48.8 Å². The third kappa shape index (κ3) is 12.3. The van der Waals surface area contributed by atoms with Gasteiger partial charge in [-0.3, -0.25) is 0 Å². The second kappa shape index (κ2) is 27.6. The minimum absolute atomic E-state index is 0.0146. The first-order chi connectivity index (χ1) is 51.1. The van der Waals surface area contributed by atoms with Crippen molar-refractivity contribution in [2.45, 2.75) is 134 Å². The Morgan fingerprint density at radius 3 is 1.55 bits per heavy atom. The van der Waals surface area contributed by atoms with Crippen molar-refractivity contribution in [1.29, 1.82) is 0 Å². The normalized spacial score (nSPS) is 16.7. The lowest BCUT2D eigenvalue weighted by Gasteiger charge is -2.45. The van der Waals surface area contributed by atoms with E-state index in [0.29, 0.717) is 29.0 Å². The molecule has 542 valence electrons. The zero-order chi connectivity index (χ0) is 75.6. The second-order valence-electron chi connectivity index (χ2n) is 32.1. The number of hydrogen-bond acceptors (Lipinski definition) is 11. The molecule has 1 unspecified atom stereocenters. The molecule has 13 aromatic rings. The summed E-state index contributed by atoms with van der Waals surface area (Å²) in [5.74, 6) is 5.69. The summed E-state index contributed by atoms with van der Waals surface area (Å²) in [7, 11) is 12.8. The van der Waals surface area contributed by atoms with E-state index >= 15 is 0 Å². The summed E-state index contributed by atoms with van der Waals surface area (Å²) >= 11 is 0. The van der Waals surface area contributed by atoms with Crippen LogP contribution in [-0.2, 0) is 14.1 Å². The lowest BCUT2D eigenvalue weighted by Crippen LogP contribution is -2.66. The van der Waals surface area contributed by atoms with Crippen LogP contribution in [0.5, 0.6) is 0 Å². The number of allylic oxidation sites excluding steroid dienone is 4. The van der Waals surface area contributed by atoms with Gasteiger partial charge in [0.25, 0.3) is 0 Å². The molecular weight excluding hydrogens is 1320 g/mol. The number of anilines is 4. The summed E-state index contributed by atoms with van der Waals surface area (Å²) < 4.78 is 37.8. The Kier molecular flexibility index (Phi) is 18.6. The highest BCUT2D eigenvalue weighted by atomic mass is 16.4. The molecule has 5 aliphatic rings. The van der Waals surface area contributed by atoms with Crippen molar-refractivity contribution in [3.8, 4) is 11.4 Å². The lowest BCUT2D eigenvalue weighted by molar-refractivity contribution is -0.703. The Balaban J connectivity index is 0.000000115. The number of hydrogen-bond donors (Lipinski definition) is 0. The van der Waals surface area contributed by atoms with Crippen LogP contribution in [0.25, 0.3) is 79.7 Å². The SMILES string of the molecule is CC1=Cc2c(oc3ncccc23)N(C)B1c1c(C)ncn1-c1c(C(C)C)cccc1C(C)C.CC1=Cc2oc3ccccc3c2N(C)B1N1C(C)C(C)(C)CC1(C)C.CC1=Cc2oc3ccccc3c2N(C)B1[n+]1c[n+](-c2ccccc2)c(C)n1C.CC1=Cc2oc3ccccc3c2N(C)B1[n+]1cccn1C. The topological polar surface area (TPSA) is 121 Å². The number of imidazole rings is 1. The third-order valence-electron chi connectivity index (χ3n) is 23.3. The van der Waals surface area contributed by atoms with Crippen LogP contribution in [0.2, 0.25) is 0 Å². The molecule has 0 radical (unpaired) electrons. The summed E-state index contributed by atoms with van der Waals surface area (Å²) in [6.45, 7) is 34.5. The van der Waals surface area contributed by atoms with Crippen LogP contribution < -0.4 is 38.6 Å². The van der Waals surface area contributed by atoms with Crippen molar-refractivity contribution >= 4 is 125 Å². The molecule has 8 aromatic heterocycles. The predicted octanol–water partition coefficient (Wildman–Crippen LogP) is 16.6. The molecule has 17 nitrogen and oxygen atoms in total. The smallest absolute Gasteiger partial charge is 0.455 e. The summed E-state index contributed by atoms with van der Waals surface area (Å²) in [5, 5.41) is 4.57. The highest BCUT2D eigenvalue weighted by Crippen LogP contribution is 2.50. The average molecular weight is 1420 g/mol. The third-order valence-corrected chi connectivity index (χ3v) is 23.3. The highest BCUT2D eigenvalue weighted by Gasteiger charge is 2.55. The van der Waals surface area contributed by atoms with Crippen LogP contribution in [0.4, 0.5) is 22.9 Å². The molecular formula is C86H100B4N13O4+3. The van der Waals surface area contributed by atoms with Crippen molar-refractivity contribution in [3.63, 3.8) is 0 Å². The largest absolute Gasteiger partial charge is 0.677 e. The van der Waals surface area contributed by atoms with Gasteiger partial charge in [-0.1, -0.05) is 136 Å². The number of pyridine rings is 1. The number of aryl methyl sites for hydroxylation is 2. The minimum Gasteiger partial charge on any atom is -0.455 e. The molecule has 13 heterocycles. The van der Waals surface area contributed by atoms with Crippen LogP contribution >= 0.6 is 0 Å². The number of benzene rings is 5. The van der Waals surface area contributed by atoms with Crippen LogP contribution in [0, 0.1) is 19.3 Å². The van der Waals surface area contributed by atoms with Gasteiger partial charge in [-0.25, -0.2) is 9.97 Å². The molecule has 0 spiro atoms. The van der Waals surface area contributed by atoms with E-state index in [1.165, 1.54) is 67.2 Å². The van der Waals surface area contributed by atoms with Gasteiger partial charge < -0.3 is 46.3 Å². The maximum atomic E-state index is 6.23. The summed E-state index contributed by atoms with van der Waals surface area (Å²) in [5.41, 5.74) is 21.0. The predicted molar refractivity (Wildman–Crippen MR) is 442 cm³/mol. The zero-order valence-electron chi connectivity index (χ0n) is 66.2. The first-order valence-electron chi connectivity index (χ1n) is 37.7. The number of fused-ring (bicyclic) bond motifs is 12. The van der Waals surface area contributed by atoms with E-state index in [1.54, 1.807) is 6.20 Å². The van der Waals surface area contributed by atoms with Crippen LogP contribution in [0.1, 0.15) is 154 Å². The summed E-state index contributed by atoms with van der Waals surface area (Å²) in [4.78, 5) is 21.2. The standard InChI is InChI=1S/C27H31BN4O.C22H23BN4O.C21H29BN2O.C16H17BN3O/c1-16(2)20-10-8-11-21(17(3)4)24(20)32-15-30-19(6)25(32)28-18(5)14-23-22-12-9-13-29-26(22)33-27(23)31(28)7;1-16-14-21-22(19-12-8-9-13-20(19)28-21)24(3)23(16)27-15-26(17(2)25(27)4)18-10-6-5-7-11-18;1-14-12-18-19(16-10-8-9-11-17(16)25-18)23(7)22(14)24-15(2)20(3,4)13-21(24,5)6;1-12-11-15-16(13-7-4-5-8-14(13)21-15)19(3)17(12)20-10-6-9-18(20)2/h8-17H,1-7H3;5-15H,1-4H3;8-12,15H,13H2,1-7H3;4-11H,1-3H3/q;+2;;+1. The van der Waals surface area contributed by atoms with Gasteiger partial charge in [-0.05, 0) is 171 Å². The molecule has 0 N–H and O–H groups in total. The molecule has 0 bridgehead atoms. The molecule has 1 fully saturated rings. The molecule has 1 saturated heterocycles. The van der Waals surface area contributed by atoms with E-state index in [-0.39, 0.29) is 33.3 Å². The van der Waals surface area contributed by atoms with E-state index in [9.17, 15) is 0 Å². The monoisotopic (exact) mass is 1420 g/mol. The quantitative estimate of drug-likeness (QED) is 0.107. The zero-order valence-corrected chi connectivity index (χ0v) is 66.2. The fraction of sp³-hybridized carbons (Fsp3) is 0.314. The van der Waals surface area contributed by atoms with E-state index in [4.69, 9.17) is 22.7 Å². The van der Waals surface area contributed by atoms with Gasteiger partial charge in [-0.2, -0.15) is 9.27 Å². The van der Waals surface area contributed by atoms with Gasteiger partial charge >= 0.3 is 39.9 Å². The molecule has 0 aliphatic carbocycles. The van der Waals surface area contributed by atoms with Gasteiger partial charge in [0.05, 0.1) is 55.1 Å².